The van der Waals surface area contributed by atoms with Gasteiger partial charge in [0.05, 0.1) is 13.2 Å². The van der Waals surface area contributed by atoms with Crippen molar-refractivity contribution in [3.8, 4) is 0 Å². The van der Waals surface area contributed by atoms with Crippen molar-refractivity contribution in [2.45, 2.75) is 26.7 Å². The first-order valence-electron chi connectivity index (χ1n) is 6.18. The van der Waals surface area contributed by atoms with Gasteiger partial charge in [0.2, 0.25) is 0 Å². The predicted octanol–water partition coefficient (Wildman–Crippen LogP) is 2.24. The van der Waals surface area contributed by atoms with Crippen molar-refractivity contribution >= 4 is 12.1 Å². The molecule has 0 aromatic rings. The fraction of sp³-hybridized carbons (Fsp3) is 0.538. The van der Waals surface area contributed by atoms with Crippen LogP contribution in [0.5, 0.6) is 0 Å². The first-order valence-corrected chi connectivity index (χ1v) is 6.18. The Morgan fingerprint density at radius 1 is 1.33 bits per heavy atom. The molecule has 5 heteroatoms. The highest BCUT2D eigenvalue weighted by atomic mass is 16.6. The van der Waals surface area contributed by atoms with Crippen LogP contribution in [0.1, 0.15) is 26.7 Å². The lowest BCUT2D eigenvalue weighted by Crippen LogP contribution is -2.33. The Labute approximate surface area is 107 Å². The maximum absolute atomic E-state index is 11.7. The van der Waals surface area contributed by atoms with Crippen molar-refractivity contribution in [2.75, 3.05) is 19.8 Å². The van der Waals surface area contributed by atoms with Gasteiger partial charge in [0.15, 0.2) is 0 Å². The molecule has 1 rings (SSSR count). The zero-order chi connectivity index (χ0) is 13.4. The maximum atomic E-state index is 11.7. The summed E-state index contributed by atoms with van der Waals surface area (Å²) in [6.45, 7) is 4.79. The summed E-state index contributed by atoms with van der Waals surface area (Å²) in [6, 6.07) is 0. The lowest BCUT2D eigenvalue weighted by atomic mass is 10.1. The summed E-state index contributed by atoms with van der Waals surface area (Å²) < 4.78 is 9.75. The highest BCUT2D eigenvalue weighted by Gasteiger charge is 2.19. The Balaban J connectivity index is 2.68. The Hall–Kier alpha value is -1.78. The molecule has 0 N–H and O–H groups in total. The number of allylic oxidation sites excluding steroid dienone is 2. The number of ether oxygens (including phenoxy) is 2. The first kappa shape index (κ1) is 14.3. The first-order chi connectivity index (χ1) is 8.69. The fourth-order valence-corrected chi connectivity index (χ4v) is 1.64. The van der Waals surface area contributed by atoms with E-state index in [0.717, 1.165) is 12.8 Å². The van der Waals surface area contributed by atoms with E-state index in [0.29, 0.717) is 25.5 Å². The van der Waals surface area contributed by atoms with Gasteiger partial charge in [-0.15, -0.1) is 0 Å². The summed E-state index contributed by atoms with van der Waals surface area (Å²) in [7, 11) is 0. The third kappa shape index (κ3) is 4.24. The average molecular weight is 253 g/mol. The van der Waals surface area contributed by atoms with Crippen LogP contribution in [0, 0.1) is 0 Å². The molecule has 0 bridgehead atoms. The third-order valence-electron chi connectivity index (χ3n) is 2.42. The van der Waals surface area contributed by atoms with Crippen LogP contribution in [0.3, 0.4) is 0 Å². The van der Waals surface area contributed by atoms with E-state index < -0.39 is 5.97 Å². The number of carbonyl (C=O) groups is 2. The molecule has 0 aromatic carbocycles. The summed E-state index contributed by atoms with van der Waals surface area (Å²) in [4.78, 5) is 24.4. The van der Waals surface area contributed by atoms with Crippen LogP contribution in [0.15, 0.2) is 23.9 Å². The third-order valence-corrected chi connectivity index (χ3v) is 2.42. The molecule has 100 valence electrons. The predicted molar refractivity (Wildman–Crippen MR) is 66.8 cm³/mol. The average Bonchev–Trinajstić information content (AvgIpc) is 2.37. The molecular formula is C13H19NO4. The van der Waals surface area contributed by atoms with E-state index in [1.807, 2.05) is 6.08 Å². The van der Waals surface area contributed by atoms with E-state index in [1.54, 1.807) is 19.9 Å². The van der Waals surface area contributed by atoms with Crippen LogP contribution in [0.2, 0.25) is 0 Å². The minimum atomic E-state index is -0.409. The molecule has 0 saturated carbocycles. The van der Waals surface area contributed by atoms with E-state index in [-0.39, 0.29) is 6.09 Å². The lowest BCUT2D eigenvalue weighted by molar-refractivity contribution is -0.137. The monoisotopic (exact) mass is 253 g/mol. The van der Waals surface area contributed by atoms with Crippen LogP contribution in [0.25, 0.3) is 0 Å². The van der Waals surface area contributed by atoms with E-state index in [9.17, 15) is 9.59 Å². The van der Waals surface area contributed by atoms with Gasteiger partial charge in [-0.2, -0.15) is 0 Å². The Kier molecular flexibility index (Phi) is 5.97. The second-order valence-electron chi connectivity index (χ2n) is 3.71. The van der Waals surface area contributed by atoms with Crippen molar-refractivity contribution in [2.24, 2.45) is 0 Å². The minimum Gasteiger partial charge on any atom is -0.463 e. The molecule has 0 unspecified atom stereocenters. The van der Waals surface area contributed by atoms with Gasteiger partial charge in [-0.1, -0.05) is 6.08 Å². The molecule has 0 fully saturated rings. The zero-order valence-electron chi connectivity index (χ0n) is 10.8. The minimum absolute atomic E-state index is 0.337. The van der Waals surface area contributed by atoms with Gasteiger partial charge in [0.1, 0.15) is 0 Å². The van der Waals surface area contributed by atoms with Gasteiger partial charge >= 0.3 is 12.1 Å². The number of hydrogen-bond acceptors (Lipinski definition) is 4. The van der Waals surface area contributed by atoms with Crippen LogP contribution >= 0.6 is 0 Å². The smallest absolute Gasteiger partial charge is 0.414 e. The summed E-state index contributed by atoms with van der Waals surface area (Å²) in [5.74, 6) is -0.409. The van der Waals surface area contributed by atoms with Crippen LogP contribution in [-0.2, 0) is 14.3 Å². The van der Waals surface area contributed by atoms with E-state index in [4.69, 9.17) is 9.47 Å². The molecule has 1 amide bonds. The van der Waals surface area contributed by atoms with Crippen molar-refractivity contribution in [1.29, 1.82) is 0 Å². The van der Waals surface area contributed by atoms with Gasteiger partial charge in [-0.25, -0.2) is 9.59 Å². The summed E-state index contributed by atoms with van der Waals surface area (Å²) >= 11 is 0. The SMILES string of the molecule is CCOC(=O)/C=C/C1=CCCCN1C(=O)OCC. The van der Waals surface area contributed by atoms with Crippen molar-refractivity contribution in [3.05, 3.63) is 23.9 Å². The largest absolute Gasteiger partial charge is 0.463 e. The quantitative estimate of drug-likeness (QED) is 0.569. The highest BCUT2D eigenvalue weighted by Crippen LogP contribution is 2.17. The highest BCUT2D eigenvalue weighted by molar-refractivity contribution is 5.83. The zero-order valence-corrected chi connectivity index (χ0v) is 10.8. The Morgan fingerprint density at radius 2 is 2.06 bits per heavy atom. The number of amides is 1. The fourth-order valence-electron chi connectivity index (χ4n) is 1.64. The number of nitrogens with zero attached hydrogens (tertiary/aromatic N) is 1. The van der Waals surface area contributed by atoms with Crippen molar-refractivity contribution in [1.82, 2.24) is 4.90 Å². The second-order valence-corrected chi connectivity index (χ2v) is 3.71. The molecule has 5 nitrogen and oxygen atoms in total. The second kappa shape index (κ2) is 7.53. The number of hydrogen-bond donors (Lipinski definition) is 0. The topological polar surface area (TPSA) is 55.8 Å². The molecule has 0 aromatic heterocycles. The summed E-state index contributed by atoms with van der Waals surface area (Å²) in [5, 5.41) is 0. The van der Waals surface area contributed by atoms with Crippen molar-refractivity contribution < 1.29 is 19.1 Å². The van der Waals surface area contributed by atoms with Gasteiger partial charge in [-0.3, -0.25) is 4.90 Å². The Bertz CT molecular complexity index is 360. The van der Waals surface area contributed by atoms with Gasteiger partial charge in [0, 0.05) is 18.3 Å². The van der Waals surface area contributed by atoms with E-state index >= 15 is 0 Å². The molecule has 0 spiro atoms. The van der Waals surface area contributed by atoms with Crippen LogP contribution < -0.4 is 0 Å². The number of carbonyl (C=O) groups excluding carboxylic acids is 2. The molecule has 1 aliphatic heterocycles. The molecule has 0 aliphatic carbocycles. The lowest BCUT2D eigenvalue weighted by Gasteiger charge is -2.25. The summed E-state index contributed by atoms with van der Waals surface area (Å²) in [5.41, 5.74) is 0.688. The molecule has 1 heterocycles. The maximum Gasteiger partial charge on any atom is 0.414 e. The van der Waals surface area contributed by atoms with Gasteiger partial charge in [-0.05, 0) is 32.8 Å². The number of esters is 1. The van der Waals surface area contributed by atoms with E-state index in [1.165, 1.54) is 11.0 Å². The van der Waals surface area contributed by atoms with Gasteiger partial charge < -0.3 is 9.47 Å². The normalized spacial score (nSPS) is 15.4. The summed E-state index contributed by atoms with van der Waals surface area (Å²) in [6.07, 6.45) is 6.24. The van der Waals surface area contributed by atoms with Crippen LogP contribution in [-0.4, -0.2) is 36.7 Å². The van der Waals surface area contributed by atoms with Gasteiger partial charge in [0.25, 0.3) is 0 Å². The Morgan fingerprint density at radius 3 is 2.72 bits per heavy atom. The molecule has 0 saturated heterocycles. The molecule has 0 radical (unpaired) electrons. The van der Waals surface area contributed by atoms with E-state index in [2.05, 4.69) is 0 Å². The molecule has 18 heavy (non-hydrogen) atoms. The molecule has 1 aliphatic rings. The van der Waals surface area contributed by atoms with Crippen LogP contribution in [0.4, 0.5) is 4.79 Å². The standard InChI is InChI=1S/C13H19NO4/c1-3-17-12(15)9-8-11-7-5-6-10-14(11)13(16)18-4-2/h7-9H,3-6,10H2,1-2H3/b9-8+. The van der Waals surface area contributed by atoms with Crippen molar-refractivity contribution in [3.63, 3.8) is 0 Å². The molecule has 0 atom stereocenters. The molecular weight excluding hydrogens is 234 g/mol. The number of rotatable bonds is 4.